The van der Waals surface area contributed by atoms with Gasteiger partial charge in [0.25, 0.3) is 0 Å². The topological polar surface area (TPSA) is 84.9 Å². The van der Waals surface area contributed by atoms with Crippen molar-refractivity contribution in [3.8, 4) is 5.75 Å². The van der Waals surface area contributed by atoms with Crippen LogP contribution in [0.25, 0.3) is 0 Å². The number of carboxylic acids is 1. The molecule has 1 atom stereocenters. The minimum absolute atomic E-state index is 0.245. The fourth-order valence-electron chi connectivity index (χ4n) is 1.92. The van der Waals surface area contributed by atoms with Crippen molar-refractivity contribution in [1.29, 1.82) is 0 Å². The van der Waals surface area contributed by atoms with Gasteiger partial charge in [0.2, 0.25) is 0 Å². The van der Waals surface area contributed by atoms with Gasteiger partial charge in [-0.2, -0.15) is 0 Å². The molecule has 0 radical (unpaired) electrons. The first kappa shape index (κ1) is 17.8. The Labute approximate surface area is 130 Å². The third-order valence-corrected chi connectivity index (χ3v) is 2.88. The molecular formula is C16H23NO5. The predicted octanol–water partition coefficient (Wildman–Crippen LogP) is 2.61. The highest BCUT2D eigenvalue weighted by molar-refractivity contribution is 5.80. The van der Waals surface area contributed by atoms with Crippen LogP contribution in [0.2, 0.25) is 0 Å². The largest absolute Gasteiger partial charge is 0.496 e. The van der Waals surface area contributed by atoms with E-state index in [0.717, 1.165) is 5.56 Å². The molecule has 0 saturated carbocycles. The number of nitrogens with one attached hydrogen (secondary N) is 1. The molecule has 0 spiro atoms. The van der Waals surface area contributed by atoms with Crippen LogP contribution in [-0.4, -0.2) is 35.9 Å². The first-order chi connectivity index (χ1) is 10.2. The van der Waals surface area contributed by atoms with Gasteiger partial charge < -0.3 is 19.9 Å². The number of ether oxygens (including phenoxy) is 2. The number of hydrogen-bond acceptors (Lipinski definition) is 4. The fraction of sp³-hybridized carbons (Fsp3) is 0.500. The van der Waals surface area contributed by atoms with Crippen LogP contribution in [0.15, 0.2) is 24.3 Å². The van der Waals surface area contributed by atoms with Gasteiger partial charge in [-0.15, -0.1) is 0 Å². The van der Waals surface area contributed by atoms with Crippen LogP contribution in [0.5, 0.6) is 5.75 Å². The Morgan fingerprint density at radius 1 is 1.27 bits per heavy atom. The fourth-order valence-corrected chi connectivity index (χ4v) is 1.92. The van der Waals surface area contributed by atoms with Crippen LogP contribution < -0.4 is 10.1 Å². The van der Waals surface area contributed by atoms with Crippen molar-refractivity contribution in [2.75, 3.05) is 7.11 Å². The highest BCUT2D eigenvalue weighted by Gasteiger charge is 2.24. The van der Waals surface area contributed by atoms with Crippen molar-refractivity contribution >= 4 is 12.1 Å². The lowest BCUT2D eigenvalue weighted by Crippen LogP contribution is -2.43. The molecule has 0 bridgehead atoms. The summed E-state index contributed by atoms with van der Waals surface area (Å²) in [5, 5.41) is 11.6. The summed E-state index contributed by atoms with van der Waals surface area (Å²) < 4.78 is 10.3. The Morgan fingerprint density at radius 3 is 2.45 bits per heavy atom. The number of benzene rings is 1. The van der Waals surface area contributed by atoms with Crippen LogP contribution in [0.1, 0.15) is 32.8 Å². The maximum Gasteiger partial charge on any atom is 0.408 e. The summed E-state index contributed by atoms with van der Waals surface area (Å²) >= 11 is 0. The highest BCUT2D eigenvalue weighted by atomic mass is 16.6. The number of rotatable bonds is 6. The standard InChI is InChI=1S/C16H23NO5/c1-16(2,3)22-15(20)17-12(14(18)19)10-9-11-7-5-6-8-13(11)21-4/h5-8,12H,9-10H2,1-4H3,(H,17,20)(H,18,19)/t12-/m1/s1. The molecular weight excluding hydrogens is 286 g/mol. The normalized spacial score (nSPS) is 12.4. The molecule has 6 heteroatoms. The van der Waals surface area contributed by atoms with Gasteiger partial charge in [-0.1, -0.05) is 18.2 Å². The second-order valence-electron chi connectivity index (χ2n) is 5.89. The smallest absolute Gasteiger partial charge is 0.408 e. The molecule has 0 unspecified atom stereocenters. The summed E-state index contributed by atoms with van der Waals surface area (Å²) in [5.74, 6) is -0.398. The van der Waals surface area contributed by atoms with Gasteiger partial charge in [0.15, 0.2) is 0 Å². The molecule has 0 aliphatic rings. The number of hydrogen-bond donors (Lipinski definition) is 2. The van der Waals surface area contributed by atoms with Crippen LogP contribution in [0, 0.1) is 0 Å². The number of aliphatic carboxylic acids is 1. The first-order valence-electron chi connectivity index (χ1n) is 7.07. The summed E-state index contributed by atoms with van der Waals surface area (Å²) in [6, 6.07) is 6.36. The molecule has 0 heterocycles. The molecule has 22 heavy (non-hydrogen) atoms. The number of methoxy groups -OCH3 is 1. The average molecular weight is 309 g/mol. The van der Waals surface area contributed by atoms with Crippen molar-refractivity contribution in [1.82, 2.24) is 5.32 Å². The van der Waals surface area contributed by atoms with E-state index in [1.807, 2.05) is 24.3 Å². The van der Waals surface area contributed by atoms with Crippen molar-refractivity contribution < 1.29 is 24.2 Å². The maximum atomic E-state index is 11.7. The maximum absolute atomic E-state index is 11.7. The van der Waals surface area contributed by atoms with E-state index < -0.39 is 23.7 Å². The zero-order chi connectivity index (χ0) is 16.8. The Morgan fingerprint density at radius 2 is 1.91 bits per heavy atom. The van der Waals surface area contributed by atoms with E-state index in [2.05, 4.69) is 5.32 Å². The van der Waals surface area contributed by atoms with Gasteiger partial charge in [0.05, 0.1) is 7.11 Å². The number of carbonyl (C=O) groups excluding carboxylic acids is 1. The molecule has 1 rings (SSSR count). The Balaban J connectivity index is 2.65. The van der Waals surface area contributed by atoms with Crippen LogP contribution in [0.3, 0.4) is 0 Å². The van der Waals surface area contributed by atoms with E-state index in [1.54, 1.807) is 27.9 Å². The summed E-state index contributed by atoms with van der Waals surface area (Å²) in [6.45, 7) is 5.16. The minimum Gasteiger partial charge on any atom is -0.496 e. The summed E-state index contributed by atoms with van der Waals surface area (Å²) in [5.41, 5.74) is 0.220. The third kappa shape index (κ3) is 6.03. The molecule has 1 amide bonds. The van der Waals surface area contributed by atoms with Crippen molar-refractivity contribution in [3.63, 3.8) is 0 Å². The van der Waals surface area contributed by atoms with Gasteiger partial charge in [0.1, 0.15) is 17.4 Å². The highest BCUT2D eigenvalue weighted by Crippen LogP contribution is 2.19. The number of carboxylic acid groups (broad SMARTS) is 1. The number of para-hydroxylation sites is 1. The van der Waals surface area contributed by atoms with Crippen LogP contribution in [-0.2, 0) is 16.0 Å². The SMILES string of the molecule is COc1ccccc1CC[C@@H](NC(=O)OC(C)(C)C)C(=O)O. The Kier molecular flexibility index (Phi) is 6.22. The molecule has 0 aromatic heterocycles. The quantitative estimate of drug-likeness (QED) is 0.843. The van der Waals surface area contributed by atoms with Gasteiger partial charge in [-0.3, -0.25) is 0 Å². The summed E-state index contributed by atoms with van der Waals surface area (Å²) in [4.78, 5) is 23.0. The predicted molar refractivity (Wildman–Crippen MR) is 82.1 cm³/mol. The lowest BCUT2D eigenvalue weighted by Gasteiger charge is -2.22. The molecule has 0 saturated heterocycles. The van der Waals surface area contributed by atoms with E-state index in [0.29, 0.717) is 12.2 Å². The van der Waals surface area contributed by atoms with Crippen molar-refractivity contribution in [2.24, 2.45) is 0 Å². The number of aryl methyl sites for hydroxylation is 1. The van der Waals surface area contributed by atoms with Gasteiger partial charge in [0, 0.05) is 0 Å². The van der Waals surface area contributed by atoms with E-state index in [9.17, 15) is 14.7 Å². The Hall–Kier alpha value is -2.24. The van der Waals surface area contributed by atoms with Gasteiger partial charge >= 0.3 is 12.1 Å². The second-order valence-corrected chi connectivity index (χ2v) is 5.89. The molecule has 0 fully saturated rings. The number of alkyl carbamates (subject to hydrolysis) is 1. The number of amides is 1. The van der Waals surface area contributed by atoms with Gasteiger partial charge in [-0.25, -0.2) is 9.59 Å². The van der Waals surface area contributed by atoms with Crippen molar-refractivity contribution in [2.45, 2.75) is 45.3 Å². The van der Waals surface area contributed by atoms with E-state index in [-0.39, 0.29) is 6.42 Å². The molecule has 122 valence electrons. The average Bonchev–Trinajstić information content (AvgIpc) is 2.41. The van der Waals surface area contributed by atoms with Crippen LogP contribution in [0.4, 0.5) is 4.79 Å². The molecule has 6 nitrogen and oxygen atoms in total. The van der Waals surface area contributed by atoms with E-state index in [4.69, 9.17) is 9.47 Å². The molecule has 1 aromatic rings. The summed E-state index contributed by atoms with van der Waals surface area (Å²) in [7, 11) is 1.56. The number of carbonyl (C=O) groups is 2. The third-order valence-electron chi connectivity index (χ3n) is 2.88. The lowest BCUT2D eigenvalue weighted by molar-refractivity contribution is -0.139. The molecule has 0 aliphatic carbocycles. The molecule has 1 aromatic carbocycles. The summed E-state index contributed by atoms with van der Waals surface area (Å²) in [6.07, 6.45) is -0.0222. The second kappa shape index (κ2) is 7.68. The molecule has 0 aliphatic heterocycles. The zero-order valence-electron chi connectivity index (χ0n) is 13.4. The van der Waals surface area contributed by atoms with E-state index >= 15 is 0 Å². The lowest BCUT2D eigenvalue weighted by atomic mass is 10.0. The van der Waals surface area contributed by atoms with Crippen molar-refractivity contribution in [3.05, 3.63) is 29.8 Å². The molecule has 2 N–H and O–H groups in total. The first-order valence-corrected chi connectivity index (χ1v) is 7.07. The monoisotopic (exact) mass is 309 g/mol. The van der Waals surface area contributed by atoms with E-state index in [1.165, 1.54) is 0 Å². The van der Waals surface area contributed by atoms with Gasteiger partial charge in [-0.05, 0) is 45.2 Å². The minimum atomic E-state index is -1.10. The Bertz CT molecular complexity index is 522. The van der Waals surface area contributed by atoms with Crippen LogP contribution >= 0.6 is 0 Å². The zero-order valence-corrected chi connectivity index (χ0v) is 13.4.